The van der Waals surface area contributed by atoms with Crippen LogP contribution in [0.15, 0.2) is 52.1 Å². The minimum atomic E-state index is -3.62. The summed E-state index contributed by atoms with van der Waals surface area (Å²) in [5.74, 6) is 0.375. The molecule has 0 unspecified atom stereocenters. The van der Waals surface area contributed by atoms with Gasteiger partial charge in [0.25, 0.3) is 5.91 Å². The van der Waals surface area contributed by atoms with E-state index in [9.17, 15) is 13.2 Å². The molecule has 0 atom stereocenters. The zero-order valence-electron chi connectivity index (χ0n) is 19.4. The summed E-state index contributed by atoms with van der Waals surface area (Å²) in [6.45, 7) is 2.44. The number of hydrogen-bond donors (Lipinski definition) is 1. The van der Waals surface area contributed by atoms with Crippen molar-refractivity contribution in [2.24, 2.45) is 10.1 Å². The number of ether oxygens (including phenoxy) is 3. The number of fused-ring (bicyclic) bond motifs is 1. The highest BCUT2D eigenvalue weighted by Gasteiger charge is 2.38. The number of benzene rings is 2. The van der Waals surface area contributed by atoms with Crippen molar-refractivity contribution in [3.05, 3.63) is 58.1 Å². The van der Waals surface area contributed by atoms with Crippen molar-refractivity contribution in [3.8, 4) is 17.2 Å². The maximum atomic E-state index is 12.6. The molecule has 2 aromatic carbocycles. The van der Waals surface area contributed by atoms with Crippen LogP contribution in [0.1, 0.15) is 11.1 Å². The molecule has 0 fully saturated rings. The zero-order valence-corrected chi connectivity index (χ0v) is 21.8. The predicted octanol–water partition coefficient (Wildman–Crippen LogP) is 3.74. The number of nitrogens with one attached hydrogen (secondary N) is 1. The lowest BCUT2D eigenvalue weighted by atomic mass is 10.1. The molecule has 0 radical (unpaired) electrons. The number of nitrogens with zero attached hydrogens (tertiary/aromatic N) is 3. The maximum Gasteiger partial charge on any atom is 0.283 e. The number of hydrogen-bond acceptors (Lipinski definition) is 9. The minimum absolute atomic E-state index is 0.00912. The first-order valence-electron chi connectivity index (χ1n) is 10.5. The molecule has 0 saturated carbocycles. The highest BCUT2D eigenvalue weighted by Crippen LogP contribution is 2.38. The summed E-state index contributed by atoms with van der Waals surface area (Å²) in [5, 5.41) is 13.5. The molecule has 2 aliphatic heterocycles. The van der Waals surface area contributed by atoms with Gasteiger partial charge in [0.2, 0.25) is 19.4 Å². The molecule has 10 nitrogen and oxygen atoms in total. The van der Waals surface area contributed by atoms with E-state index in [1.54, 1.807) is 12.1 Å². The number of methoxy groups -OCH3 is 1. The van der Waals surface area contributed by atoms with Gasteiger partial charge in [-0.25, -0.2) is 8.42 Å². The normalized spacial score (nSPS) is 16.6. The molecule has 1 amide bonds. The van der Waals surface area contributed by atoms with E-state index in [1.807, 2.05) is 31.2 Å². The summed E-state index contributed by atoms with van der Waals surface area (Å²) in [6, 6.07) is 10.8. The molecule has 2 aromatic rings. The van der Waals surface area contributed by atoms with E-state index in [0.29, 0.717) is 17.1 Å². The standard InChI is InChI=1S/C23H21ClN4O6S2/c1-13-6-4-5-7-17(13)33-8-9-34-19-16(24)11-14(12-18(19)32-2)10-15-20(25)28-22(26-21(15)29)35-23(27-28)36(3,30)31/h4-7,10-12,25H,8-9H2,1-3H3/b15-10+,25-20?. The van der Waals surface area contributed by atoms with E-state index in [1.165, 1.54) is 13.2 Å². The molecule has 36 heavy (non-hydrogen) atoms. The number of aliphatic imine (C=N–C) groups is 1. The van der Waals surface area contributed by atoms with Crippen LogP contribution in [0.25, 0.3) is 6.08 Å². The molecule has 0 aromatic heterocycles. The van der Waals surface area contributed by atoms with Crippen LogP contribution in [-0.2, 0) is 14.6 Å². The average molecular weight is 549 g/mol. The van der Waals surface area contributed by atoms with Crippen LogP contribution in [0.3, 0.4) is 0 Å². The Bertz CT molecular complexity index is 1450. The molecule has 0 aliphatic carbocycles. The maximum absolute atomic E-state index is 12.6. The van der Waals surface area contributed by atoms with Gasteiger partial charge >= 0.3 is 0 Å². The molecule has 2 aliphatic rings. The van der Waals surface area contributed by atoms with Crippen LogP contribution in [0.5, 0.6) is 17.2 Å². The van der Waals surface area contributed by atoms with Crippen LogP contribution >= 0.6 is 23.4 Å². The number of sulfone groups is 1. The number of halogens is 1. The second-order valence-corrected chi connectivity index (χ2v) is 11.2. The van der Waals surface area contributed by atoms with Gasteiger partial charge in [0.1, 0.15) is 19.0 Å². The quantitative estimate of drug-likeness (QED) is 0.409. The van der Waals surface area contributed by atoms with Crippen LogP contribution < -0.4 is 14.2 Å². The first kappa shape index (κ1) is 25.7. The third-order valence-corrected chi connectivity index (χ3v) is 7.85. The second-order valence-electron chi connectivity index (χ2n) is 7.65. The highest BCUT2D eigenvalue weighted by molar-refractivity contribution is 8.42. The SMILES string of the molecule is COc1cc(/C=C2\C(=N)N3N=C(S(C)(=O)=O)SC3=NC2=O)cc(Cl)c1OCCOc1ccccc1C. The van der Waals surface area contributed by atoms with Gasteiger partial charge in [0, 0.05) is 6.26 Å². The van der Waals surface area contributed by atoms with Gasteiger partial charge in [-0.05, 0) is 54.1 Å². The number of para-hydroxylation sites is 1. The number of amidine groups is 2. The molecule has 0 saturated heterocycles. The fourth-order valence-electron chi connectivity index (χ4n) is 3.27. The van der Waals surface area contributed by atoms with Gasteiger partial charge in [-0.3, -0.25) is 10.2 Å². The summed E-state index contributed by atoms with van der Waals surface area (Å²) in [4.78, 5) is 16.5. The van der Waals surface area contributed by atoms with Crippen molar-refractivity contribution in [1.82, 2.24) is 5.01 Å². The van der Waals surface area contributed by atoms with Crippen LogP contribution in [0, 0.1) is 12.3 Å². The van der Waals surface area contributed by atoms with Gasteiger partial charge in [-0.1, -0.05) is 29.8 Å². The molecule has 2 heterocycles. The van der Waals surface area contributed by atoms with Gasteiger partial charge in [-0.2, -0.15) is 10.0 Å². The summed E-state index contributed by atoms with van der Waals surface area (Å²) >= 11 is 7.16. The van der Waals surface area contributed by atoms with E-state index in [2.05, 4.69) is 10.1 Å². The Morgan fingerprint density at radius 3 is 2.58 bits per heavy atom. The summed E-state index contributed by atoms with van der Waals surface area (Å²) in [6.07, 6.45) is 2.40. The Morgan fingerprint density at radius 1 is 1.17 bits per heavy atom. The molecule has 4 rings (SSSR count). The van der Waals surface area contributed by atoms with Crippen molar-refractivity contribution < 1.29 is 27.4 Å². The van der Waals surface area contributed by atoms with Crippen LogP contribution in [0.2, 0.25) is 5.02 Å². The van der Waals surface area contributed by atoms with Gasteiger partial charge < -0.3 is 14.2 Å². The topological polar surface area (TPSA) is 131 Å². The molecule has 0 spiro atoms. The lowest BCUT2D eigenvalue weighted by Crippen LogP contribution is -2.35. The Kier molecular flexibility index (Phi) is 7.38. The van der Waals surface area contributed by atoms with Crippen molar-refractivity contribution in [1.29, 1.82) is 5.41 Å². The smallest absolute Gasteiger partial charge is 0.283 e. The summed E-state index contributed by atoms with van der Waals surface area (Å²) in [7, 11) is -2.17. The summed E-state index contributed by atoms with van der Waals surface area (Å²) < 4.78 is 40.3. The van der Waals surface area contributed by atoms with Crippen LogP contribution in [0.4, 0.5) is 0 Å². The molecular formula is C23H21ClN4O6S2. The van der Waals surface area contributed by atoms with Gasteiger partial charge in [-0.15, -0.1) is 5.10 Å². The Hall–Kier alpha value is -3.35. The lowest BCUT2D eigenvalue weighted by molar-refractivity contribution is -0.114. The molecule has 0 bridgehead atoms. The van der Waals surface area contributed by atoms with Crippen molar-refractivity contribution in [2.75, 3.05) is 26.6 Å². The average Bonchev–Trinajstić information content (AvgIpc) is 3.26. The first-order valence-corrected chi connectivity index (χ1v) is 13.6. The van der Waals surface area contributed by atoms with E-state index in [-0.39, 0.29) is 39.2 Å². The van der Waals surface area contributed by atoms with E-state index in [4.69, 9.17) is 31.2 Å². The fourth-order valence-corrected chi connectivity index (χ4v) is 5.23. The first-order chi connectivity index (χ1) is 17.1. The highest BCUT2D eigenvalue weighted by atomic mass is 35.5. The number of hydrazone groups is 1. The number of aryl methyl sites for hydroxylation is 1. The molecular weight excluding hydrogens is 528 g/mol. The number of amides is 1. The van der Waals surface area contributed by atoms with E-state index < -0.39 is 15.7 Å². The second kappa shape index (κ2) is 10.3. The monoisotopic (exact) mass is 548 g/mol. The van der Waals surface area contributed by atoms with E-state index >= 15 is 0 Å². The lowest BCUT2D eigenvalue weighted by Gasteiger charge is -2.20. The van der Waals surface area contributed by atoms with Gasteiger partial charge in [0.15, 0.2) is 17.3 Å². The fraction of sp³-hybridized carbons (Fsp3) is 0.217. The molecule has 188 valence electrons. The third kappa shape index (κ3) is 5.40. The molecule has 13 heteroatoms. The number of carbonyl (C=O) groups excluding carboxylic acids is 1. The minimum Gasteiger partial charge on any atom is -0.493 e. The largest absolute Gasteiger partial charge is 0.493 e. The van der Waals surface area contributed by atoms with Gasteiger partial charge in [0.05, 0.1) is 17.7 Å². The Balaban J connectivity index is 1.52. The number of carbonyl (C=O) groups is 1. The Labute approximate surface area is 217 Å². The Morgan fingerprint density at radius 2 is 1.89 bits per heavy atom. The number of rotatable bonds is 7. The predicted molar refractivity (Wildman–Crippen MR) is 140 cm³/mol. The summed E-state index contributed by atoms with van der Waals surface area (Å²) in [5.41, 5.74) is 1.37. The van der Waals surface area contributed by atoms with Crippen molar-refractivity contribution in [2.45, 2.75) is 6.92 Å². The molecule has 1 N–H and O–H groups in total. The van der Waals surface area contributed by atoms with Crippen molar-refractivity contribution in [3.63, 3.8) is 0 Å². The van der Waals surface area contributed by atoms with Crippen LogP contribution in [-0.4, -0.2) is 61.3 Å². The zero-order chi connectivity index (χ0) is 26.0. The number of thioether (sulfide) groups is 1. The van der Waals surface area contributed by atoms with Crippen molar-refractivity contribution >= 4 is 60.6 Å². The third-order valence-electron chi connectivity index (χ3n) is 5.00. The van der Waals surface area contributed by atoms with E-state index in [0.717, 1.165) is 34.3 Å².